The molecule has 0 saturated carbocycles. The molecule has 0 aliphatic carbocycles. The Morgan fingerprint density at radius 1 is 1.45 bits per heavy atom. The molecule has 1 rings (SSSR count). The summed E-state index contributed by atoms with van der Waals surface area (Å²) in [7, 11) is 0. The second kappa shape index (κ2) is 5.89. The van der Waals surface area contributed by atoms with E-state index in [0.717, 1.165) is 12.1 Å². The Balaban J connectivity index is 3.48. The number of carboxylic acid groups (broad SMARTS) is 1. The summed E-state index contributed by atoms with van der Waals surface area (Å²) < 4.78 is 51.5. The summed E-state index contributed by atoms with van der Waals surface area (Å²) in [5.74, 6) is -2.77. The van der Waals surface area contributed by atoms with Gasteiger partial charge in [-0.3, -0.25) is 4.79 Å². The van der Waals surface area contributed by atoms with Crippen LogP contribution in [0.15, 0.2) is 18.2 Å². The highest BCUT2D eigenvalue weighted by molar-refractivity contribution is 5.78. The Morgan fingerprint density at radius 2 is 2.05 bits per heavy atom. The minimum absolute atomic E-state index is 0.102. The first-order valence-corrected chi connectivity index (χ1v) is 5.52. The maximum atomic E-state index is 13.0. The van der Waals surface area contributed by atoms with Crippen molar-refractivity contribution in [3.8, 4) is 0 Å². The van der Waals surface area contributed by atoms with Crippen molar-refractivity contribution >= 4 is 12.4 Å². The van der Waals surface area contributed by atoms with Crippen LogP contribution in [0.1, 0.15) is 24.1 Å². The summed E-state index contributed by atoms with van der Waals surface area (Å²) >= 11 is 0. The number of nitrogens with zero attached hydrogens (tertiary/aromatic N) is 1. The molecule has 1 N–H and O–H groups in total. The van der Waals surface area contributed by atoms with Crippen molar-refractivity contribution < 1.29 is 32.3 Å². The number of carboxylic acids is 1. The fourth-order valence-electron chi connectivity index (χ4n) is 1.78. The van der Waals surface area contributed by atoms with Crippen molar-refractivity contribution in [3.63, 3.8) is 0 Å². The van der Waals surface area contributed by atoms with Crippen LogP contribution in [-0.4, -0.2) is 28.9 Å². The molecule has 0 saturated heterocycles. The van der Waals surface area contributed by atoms with E-state index in [0.29, 0.717) is 4.90 Å². The largest absolute Gasteiger partial charge is 0.479 e. The van der Waals surface area contributed by atoms with Gasteiger partial charge in [0.25, 0.3) is 0 Å². The average Bonchev–Trinajstić information content (AvgIpc) is 2.35. The molecular formula is C12H11F4NO3. The molecule has 0 spiro atoms. The quantitative estimate of drug-likeness (QED) is 0.670. The monoisotopic (exact) mass is 293 g/mol. The molecule has 0 fully saturated rings. The maximum Gasteiger partial charge on any atom is 0.416 e. The van der Waals surface area contributed by atoms with E-state index >= 15 is 0 Å². The van der Waals surface area contributed by atoms with Gasteiger partial charge in [0.15, 0.2) is 6.04 Å². The Bertz CT molecular complexity index is 516. The fourth-order valence-corrected chi connectivity index (χ4v) is 1.78. The summed E-state index contributed by atoms with van der Waals surface area (Å²) in [6.45, 7) is 1.32. The summed E-state index contributed by atoms with van der Waals surface area (Å²) in [6.07, 6.45) is -4.78. The van der Waals surface area contributed by atoms with E-state index in [1.165, 1.54) is 6.92 Å². The van der Waals surface area contributed by atoms with Crippen molar-refractivity contribution in [2.24, 2.45) is 0 Å². The van der Waals surface area contributed by atoms with Gasteiger partial charge >= 0.3 is 12.1 Å². The van der Waals surface area contributed by atoms with Gasteiger partial charge in [0.05, 0.1) is 5.56 Å². The molecule has 0 heterocycles. The number of carbonyl (C=O) groups is 2. The van der Waals surface area contributed by atoms with Crippen LogP contribution < -0.4 is 0 Å². The van der Waals surface area contributed by atoms with E-state index in [1.54, 1.807) is 0 Å². The number of carbonyl (C=O) groups excluding carboxylic acids is 1. The summed E-state index contributed by atoms with van der Waals surface area (Å²) in [5.41, 5.74) is -2.09. The van der Waals surface area contributed by atoms with E-state index in [4.69, 9.17) is 5.11 Å². The van der Waals surface area contributed by atoms with Crippen LogP contribution in [-0.2, 0) is 15.8 Å². The Morgan fingerprint density at radius 3 is 2.45 bits per heavy atom. The second-order valence-electron chi connectivity index (χ2n) is 3.91. The minimum Gasteiger partial charge on any atom is -0.479 e. The number of aliphatic carboxylic acids is 1. The van der Waals surface area contributed by atoms with Gasteiger partial charge in [0.1, 0.15) is 5.82 Å². The molecule has 1 aromatic rings. The first-order chi connectivity index (χ1) is 9.22. The zero-order valence-corrected chi connectivity index (χ0v) is 10.3. The van der Waals surface area contributed by atoms with E-state index in [1.807, 2.05) is 0 Å². The molecule has 1 atom stereocenters. The predicted molar refractivity (Wildman–Crippen MR) is 60.2 cm³/mol. The lowest BCUT2D eigenvalue weighted by atomic mass is 9.98. The highest BCUT2D eigenvalue weighted by atomic mass is 19.4. The molecule has 1 amide bonds. The van der Waals surface area contributed by atoms with Gasteiger partial charge in [-0.2, -0.15) is 13.2 Å². The number of hydrogen-bond acceptors (Lipinski definition) is 2. The lowest BCUT2D eigenvalue weighted by Crippen LogP contribution is -2.34. The third-order valence-corrected chi connectivity index (χ3v) is 2.68. The number of benzene rings is 1. The Kier molecular flexibility index (Phi) is 4.69. The van der Waals surface area contributed by atoms with Crippen molar-refractivity contribution in [3.05, 3.63) is 35.1 Å². The van der Waals surface area contributed by atoms with Crippen LogP contribution >= 0.6 is 0 Å². The molecule has 0 aliphatic rings. The number of hydrogen-bond donors (Lipinski definition) is 1. The summed E-state index contributed by atoms with van der Waals surface area (Å²) in [5, 5.41) is 9.06. The van der Waals surface area contributed by atoms with Gasteiger partial charge < -0.3 is 10.0 Å². The van der Waals surface area contributed by atoms with E-state index in [9.17, 15) is 27.2 Å². The van der Waals surface area contributed by atoms with Crippen LogP contribution in [0.5, 0.6) is 0 Å². The summed E-state index contributed by atoms with van der Waals surface area (Å²) in [4.78, 5) is 22.6. The maximum absolute atomic E-state index is 13.0. The number of halogens is 4. The first-order valence-electron chi connectivity index (χ1n) is 5.52. The highest BCUT2D eigenvalue weighted by Gasteiger charge is 2.39. The minimum atomic E-state index is -4.92. The van der Waals surface area contributed by atoms with E-state index in [2.05, 4.69) is 0 Å². The smallest absolute Gasteiger partial charge is 0.416 e. The van der Waals surface area contributed by atoms with Gasteiger partial charge in [0, 0.05) is 6.54 Å². The molecule has 0 aromatic heterocycles. The molecule has 0 aliphatic heterocycles. The number of likely N-dealkylation sites (N-methyl/N-ethyl adjacent to an activating group) is 1. The van der Waals surface area contributed by atoms with Crippen molar-refractivity contribution in [2.45, 2.75) is 19.1 Å². The fraction of sp³-hybridized carbons (Fsp3) is 0.333. The lowest BCUT2D eigenvalue weighted by molar-refractivity contribution is -0.148. The van der Waals surface area contributed by atoms with Gasteiger partial charge in [-0.25, -0.2) is 9.18 Å². The average molecular weight is 293 g/mol. The van der Waals surface area contributed by atoms with Crippen molar-refractivity contribution in [2.75, 3.05) is 6.54 Å². The molecule has 110 valence electrons. The molecule has 20 heavy (non-hydrogen) atoms. The topological polar surface area (TPSA) is 57.6 Å². The van der Waals surface area contributed by atoms with Crippen LogP contribution in [0.3, 0.4) is 0 Å². The van der Waals surface area contributed by atoms with Crippen molar-refractivity contribution in [1.82, 2.24) is 4.90 Å². The molecule has 1 unspecified atom stereocenters. The Hall–Kier alpha value is -2.12. The van der Waals surface area contributed by atoms with Gasteiger partial charge in [0.2, 0.25) is 6.41 Å². The van der Waals surface area contributed by atoms with Crippen LogP contribution in [0.4, 0.5) is 17.6 Å². The predicted octanol–water partition coefficient (Wildman–Crippen LogP) is 2.45. The molecule has 0 bridgehead atoms. The van der Waals surface area contributed by atoms with Gasteiger partial charge in [-0.1, -0.05) is 6.07 Å². The van der Waals surface area contributed by atoms with Gasteiger partial charge in [-0.15, -0.1) is 0 Å². The molecular weight excluding hydrogens is 282 g/mol. The van der Waals surface area contributed by atoms with Gasteiger partial charge in [-0.05, 0) is 24.6 Å². The third kappa shape index (κ3) is 3.25. The molecule has 1 aromatic carbocycles. The first kappa shape index (κ1) is 15.9. The molecule has 0 radical (unpaired) electrons. The molecule has 4 nitrogen and oxygen atoms in total. The highest BCUT2D eigenvalue weighted by Crippen LogP contribution is 2.36. The number of rotatable bonds is 5. The number of amides is 1. The SMILES string of the molecule is CCN(C=O)C(C(=O)O)c1ccc(F)cc1C(F)(F)F. The third-order valence-electron chi connectivity index (χ3n) is 2.68. The van der Waals surface area contributed by atoms with Crippen LogP contribution in [0, 0.1) is 5.82 Å². The Labute approximate surface area is 111 Å². The zero-order valence-electron chi connectivity index (χ0n) is 10.3. The van der Waals surface area contributed by atoms with Crippen molar-refractivity contribution in [1.29, 1.82) is 0 Å². The standard InChI is InChI=1S/C12H11F4NO3/c1-2-17(6-18)10(11(19)20)8-4-3-7(13)5-9(8)12(14,15)16/h3-6,10H,2H2,1H3,(H,19,20). The van der Waals surface area contributed by atoms with Crippen LogP contribution in [0.25, 0.3) is 0 Å². The lowest BCUT2D eigenvalue weighted by Gasteiger charge is -2.26. The van der Waals surface area contributed by atoms with E-state index < -0.39 is 35.1 Å². The second-order valence-corrected chi connectivity index (χ2v) is 3.91. The normalized spacial score (nSPS) is 12.8. The van der Waals surface area contributed by atoms with E-state index in [-0.39, 0.29) is 19.0 Å². The van der Waals surface area contributed by atoms with Crippen LogP contribution in [0.2, 0.25) is 0 Å². The molecule has 8 heteroatoms. The summed E-state index contributed by atoms with van der Waals surface area (Å²) in [6, 6.07) is -0.165. The number of alkyl halides is 3. The zero-order chi connectivity index (χ0) is 15.5.